The van der Waals surface area contributed by atoms with Gasteiger partial charge in [0.2, 0.25) is 11.8 Å². The first-order valence-electron chi connectivity index (χ1n) is 9.97. The highest BCUT2D eigenvalue weighted by atomic mass is 32.1. The number of nitrogens with one attached hydrogen (secondary N) is 1. The molecule has 0 unspecified atom stereocenters. The fourth-order valence-corrected chi connectivity index (χ4v) is 4.28. The van der Waals surface area contributed by atoms with Crippen LogP contribution < -0.4 is 5.32 Å². The van der Waals surface area contributed by atoms with Crippen molar-refractivity contribution in [2.75, 3.05) is 26.2 Å². The number of rotatable bonds is 7. The normalized spacial score (nSPS) is 14.0. The van der Waals surface area contributed by atoms with Crippen LogP contribution >= 0.6 is 11.3 Å². The third-order valence-electron chi connectivity index (χ3n) is 5.00. The monoisotopic (exact) mass is 413 g/mol. The van der Waals surface area contributed by atoms with Gasteiger partial charge in [0.1, 0.15) is 0 Å². The Hall–Kier alpha value is -2.67. The molecule has 0 saturated carbocycles. The molecule has 3 amide bonds. The summed E-state index contributed by atoms with van der Waals surface area (Å²) in [6.45, 7) is 4.20. The number of hydrogen-bond donors (Lipinski definition) is 1. The number of thiophene rings is 1. The van der Waals surface area contributed by atoms with Crippen molar-refractivity contribution in [2.45, 2.75) is 32.7 Å². The number of aryl methyl sites for hydroxylation is 1. The lowest BCUT2D eigenvalue weighted by Gasteiger charge is -2.34. The highest BCUT2D eigenvalue weighted by molar-refractivity contribution is 7.14. The van der Waals surface area contributed by atoms with Crippen LogP contribution in [0.15, 0.2) is 42.5 Å². The van der Waals surface area contributed by atoms with Gasteiger partial charge < -0.3 is 15.1 Å². The number of hydrogen-bond acceptors (Lipinski definition) is 4. The maximum absolute atomic E-state index is 12.7. The lowest BCUT2D eigenvalue weighted by molar-refractivity contribution is -0.132. The molecule has 2 heterocycles. The molecule has 0 spiro atoms. The summed E-state index contributed by atoms with van der Waals surface area (Å²) in [5.41, 5.74) is 1.25. The third-order valence-corrected chi connectivity index (χ3v) is 6.08. The van der Waals surface area contributed by atoms with Gasteiger partial charge in [0.05, 0.1) is 11.4 Å². The highest BCUT2D eigenvalue weighted by Gasteiger charge is 2.25. The molecule has 0 radical (unpaired) electrons. The first-order valence-corrected chi connectivity index (χ1v) is 10.8. The van der Waals surface area contributed by atoms with Crippen LogP contribution in [0.5, 0.6) is 0 Å². The van der Waals surface area contributed by atoms with Gasteiger partial charge in [-0.3, -0.25) is 14.4 Å². The van der Waals surface area contributed by atoms with Crippen LogP contribution in [-0.4, -0.2) is 53.7 Å². The lowest BCUT2D eigenvalue weighted by atomic mass is 10.1. The van der Waals surface area contributed by atoms with Gasteiger partial charge in [-0.25, -0.2) is 0 Å². The van der Waals surface area contributed by atoms with Gasteiger partial charge in [-0.05, 0) is 30.5 Å². The zero-order valence-corrected chi connectivity index (χ0v) is 17.5. The van der Waals surface area contributed by atoms with E-state index in [9.17, 15) is 14.4 Å². The van der Waals surface area contributed by atoms with E-state index >= 15 is 0 Å². The Bertz CT molecular complexity index is 842. The van der Waals surface area contributed by atoms with E-state index in [4.69, 9.17) is 0 Å². The molecule has 1 aromatic heterocycles. The second kappa shape index (κ2) is 10.2. The van der Waals surface area contributed by atoms with Gasteiger partial charge in [0.25, 0.3) is 5.91 Å². The zero-order chi connectivity index (χ0) is 20.6. The van der Waals surface area contributed by atoms with Crippen LogP contribution in [0.3, 0.4) is 0 Å². The predicted molar refractivity (Wildman–Crippen MR) is 114 cm³/mol. The molecule has 3 rings (SSSR count). The fourth-order valence-electron chi connectivity index (χ4n) is 3.36. The lowest BCUT2D eigenvalue weighted by Crippen LogP contribution is -2.50. The minimum Gasteiger partial charge on any atom is -0.351 e. The second-order valence-electron chi connectivity index (χ2n) is 7.19. The number of carbonyl (C=O) groups excluding carboxylic acids is 3. The molecule has 0 atom stereocenters. The van der Waals surface area contributed by atoms with Gasteiger partial charge in [0.15, 0.2) is 0 Å². The summed E-state index contributed by atoms with van der Waals surface area (Å²) < 4.78 is 0. The number of nitrogens with zero attached hydrogens (tertiary/aromatic N) is 2. The molecule has 1 fully saturated rings. The van der Waals surface area contributed by atoms with E-state index < -0.39 is 0 Å². The van der Waals surface area contributed by atoms with Gasteiger partial charge in [-0.2, -0.15) is 0 Å². The molecule has 154 valence electrons. The van der Waals surface area contributed by atoms with Crippen molar-refractivity contribution < 1.29 is 14.4 Å². The van der Waals surface area contributed by atoms with Crippen molar-refractivity contribution in [1.29, 1.82) is 0 Å². The van der Waals surface area contributed by atoms with Crippen LogP contribution in [-0.2, 0) is 22.6 Å². The summed E-state index contributed by atoms with van der Waals surface area (Å²) in [6.07, 6.45) is 2.29. The smallest absolute Gasteiger partial charge is 0.264 e. The fraction of sp³-hybridized carbons (Fsp3) is 0.409. The van der Waals surface area contributed by atoms with Crippen molar-refractivity contribution >= 4 is 29.1 Å². The summed E-state index contributed by atoms with van der Waals surface area (Å²) in [5, 5.41) is 2.74. The van der Waals surface area contributed by atoms with Crippen molar-refractivity contribution in [3.05, 3.63) is 57.8 Å². The van der Waals surface area contributed by atoms with Gasteiger partial charge >= 0.3 is 0 Å². The van der Waals surface area contributed by atoms with E-state index in [1.54, 1.807) is 0 Å². The SMILES string of the molecule is CC(=O)NCc1ccc(C(=O)N2CCN(C(=O)CCCc3ccccc3)CC2)s1. The van der Waals surface area contributed by atoms with Crippen molar-refractivity contribution in [3.8, 4) is 0 Å². The minimum atomic E-state index is -0.0872. The molecular formula is C22H27N3O3S. The van der Waals surface area contributed by atoms with E-state index in [0.717, 1.165) is 17.7 Å². The molecular weight excluding hydrogens is 386 g/mol. The van der Waals surface area contributed by atoms with Crippen molar-refractivity contribution in [3.63, 3.8) is 0 Å². The summed E-state index contributed by atoms with van der Waals surface area (Å²) in [7, 11) is 0. The summed E-state index contributed by atoms with van der Waals surface area (Å²) in [6, 6.07) is 13.9. The van der Waals surface area contributed by atoms with E-state index in [2.05, 4.69) is 17.4 Å². The first kappa shape index (κ1) is 21.0. The van der Waals surface area contributed by atoms with Crippen LogP contribution in [0.1, 0.15) is 39.9 Å². The predicted octanol–water partition coefficient (Wildman–Crippen LogP) is 2.69. The van der Waals surface area contributed by atoms with Crippen molar-refractivity contribution in [1.82, 2.24) is 15.1 Å². The van der Waals surface area contributed by atoms with E-state index in [1.807, 2.05) is 40.1 Å². The van der Waals surface area contributed by atoms with E-state index in [-0.39, 0.29) is 17.7 Å². The topological polar surface area (TPSA) is 69.7 Å². The quantitative estimate of drug-likeness (QED) is 0.759. The van der Waals surface area contributed by atoms with Crippen LogP contribution in [0.4, 0.5) is 0 Å². The molecule has 1 aliphatic rings. The summed E-state index contributed by atoms with van der Waals surface area (Å²) in [4.78, 5) is 41.5. The number of piperazine rings is 1. The van der Waals surface area contributed by atoms with Crippen LogP contribution in [0.2, 0.25) is 0 Å². The Morgan fingerprint density at radius 3 is 2.34 bits per heavy atom. The Balaban J connectivity index is 1.41. The summed E-state index contributed by atoms with van der Waals surface area (Å²) >= 11 is 1.41. The molecule has 1 saturated heterocycles. The average Bonchev–Trinajstić information content (AvgIpc) is 3.21. The molecule has 1 aliphatic heterocycles. The molecule has 6 nitrogen and oxygen atoms in total. The average molecular weight is 414 g/mol. The number of benzene rings is 1. The molecule has 29 heavy (non-hydrogen) atoms. The molecule has 0 aliphatic carbocycles. The second-order valence-corrected chi connectivity index (χ2v) is 8.36. The zero-order valence-electron chi connectivity index (χ0n) is 16.7. The first-order chi connectivity index (χ1) is 14.0. The highest BCUT2D eigenvalue weighted by Crippen LogP contribution is 2.19. The Kier molecular flexibility index (Phi) is 7.41. The van der Waals surface area contributed by atoms with Gasteiger partial charge in [0, 0.05) is 44.4 Å². The molecule has 0 bridgehead atoms. The molecule has 1 N–H and O–H groups in total. The number of carbonyl (C=O) groups is 3. The molecule has 7 heteroatoms. The maximum Gasteiger partial charge on any atom is 0.264 e. The third kappa shape index (κ3) is 6.15. The Morgan fingerprint density at radius 1 is 0.966 bits per heavy atom. The maximum atomic E-state index is 12.7. The molecule has 1 aromatic carbocycles. The number of amides is 3. The Morgan fingerprint density at radius 2 is 1.66 bits per heavy atom. The Labute approximate surface area is 175 Å². The van der Waals surface area contributed by atoms with Crippen molar-refractivity contribution in [2.24, 2.45) is 0 Å². The summed E-state index contributed by atoms with van der Waals surface area (Å²) in [5.74, 6) is 0.0813. The largest absolute Gasteiger partial charge is 0.351 e. The standard InChI is InChI=1S/C22H27N3O3S/c1-17(26)23-16-19-10-11-20(29-19)22(28)25-14-12-24(13-15-25)21(27)9-5-8-18-6-3-2-4-7-18/h2-4,6-7,10-11H,5,8-9,12-16H2,1H3,(H,23,26). The van der Waals surface area contributed by atoms with Gasteiger partial charge in [-0.1, -0.05) is 30.3 Å². The molecule has 2 aromatic rings. The van der Waals surface area contributed by atoms with E-state index in [1.165, 1.54) is 23.8 Å². The van der Waals surface area contributed by atoms with E-state index in [0.29, 0.717) is 44.0 Å². The minimum absolute atomic E-state index is 0.000233. The van der Waals surface area contributed by atoms with Gasteiger partial charge in [-0.15, -0.1) is 11.3 Å². The van der Waals surface area contributed by atoms with Crippen LogP contribution in [0.25, 0.3) is 0 Å². The van der Waals surface area contributed by atoms with Crippen LogP contribution in [0, 0.1) is 0 Å².